The average Bonchev–Trinajstić information content (AvgIpc) is 2.66. The maximum Gasteiger partial charge on any atom is 0.243 e. The minimum absolute atomic E-state index is 0.0277. The van der Waals surface area contributed by atoms with Crippen molar-refractivity contribution in [1.82, 2.24) is 5.32 Å². The van der Waals surface area contributed by atoms with Crippen LogP contribution in [0.15, 0.2) is 54.6 Å². The van der Waals surface area contributed by atoms with E-state index in [0.29, 0.717) is 12.1 Å². The first kappa shape index (κ1) is 20.5. The van der Waals surface area contributed by atoms with Gasteiger partial charge in [0.25, 0.3) is 0 Å². The molecule has 0 unspecified atom stereocenters. The second kappa shape index (κ2) is 9.21. The highest BCUT2D eigenvalue weighted by Crippen LogP contribution is 2.27. The molecule has 27 heavy (non-hydrogen) atoms. The number of carbonyl (C=O) groups excluding carboxylic acids is 2. The molecular weight excluding hydrogens is 338 g/mol. The lowest BCUT2D eigenvalue weighted by molar-refractivity contribution is -0.124. The van der Waals surface area contributed by atoms with Gasteiger partial charge in [0, 0.05) is 31.9 Å². The summed E-state index contributed by atoms with van der Waals surface area (Å²) in [4.78, 5) is 26.1. The molecule has 0 aromatic heterocycles. The molecule has 2 aromatic rings. The molecule has 2 N–H and O–H groups in total. The predicted octanol–water partition coefficient (Wildman–Crippen LogP) is 3.57. The van der Waals surface area contributed by atoms with E-state index in [2.05, 4.69) is 36.6 Å². The third kappa shape index (κ3) is 6.44. The van der Waals surface area contributed by atoms with Crippen LogP contribution in [-0.4, -0.2) is 32.5 Å². The van der Waals surface area contributed by atoms with E-state index in [-0.39, 0.29) is 23.8 Å². The quantitative estimate of drug-likeness (QED) is 0.750. The number of hydrogen-bond donors (Lipinski definition) is 2. The fourth-order valence-electron chi connectivity index (χ4n) is 2.78. The highest BCUT2D eigenvalue weighted by Gasteiger charge is 2.21. The Hall–Kier alpha value is -2.82. The summed E-state index contributed by atoms with van der Waals surface area (Å²) >= 11 is 0. The standard InChI is InChI=1S/C22H29N3O2/c1-22(2,17-8-6-5-7-9-17)15-14-20(26)23-16-21(27)24-18-10-12-19(13-11-18)25(3)4/h5-13H,14-16H2,1-4H3,(H,23,26)(H,24,27). The van der Waals surface area contributed by atoms with Crippen molar-refractivity contribution in [1.29, 1.82) is 0 Å². The normalized spacial score (nSPS) is 11.0. The van der Waals surface area contributed by atoms with Gasteiger partial charge in [-0.2, -0.15) is 0 Å². The summed E-state index contributed by atoms with van der Waals surface area (Å²) in [6, 6.07) is 17.7. The Labute approximate surface area is 161 Å². The van der Waals surface area contributed by atoms with Crippen LogP contribution in [0.2, 0.25) is 0 Å². The van der Waals surface area contributed by atoms with Gasteiger partial charge in [-0.15, -0.1) is 0 Å². The number of benzene rings is 2. The largest absolute Gasteiger partial charge is 0.378 e. The summed E-state index contributed by atoms with van der Waals surface area (Å²) in [5.74, 6) is -0.347. The molecule has 0 saturated heterocycles. The second-order valence-electron chi connectivity index (χ2n) is 7.52. The van der Waals surface area contributed by atoms with Crippen LogP contribution >= 0.6 is 0 Å². The van der Waals surface area contributed by atoms with Gasteiger partial charge >= 0.3 is 0 Å². The van der Waals surface area contributed by atoms with Crippen LogP contribution in [0.3, 0.4) is 0 Å². The first-order valence-electron chi connectivity index (χ1n) is 9.17. The lowest BCUT2D eigenvalue weighted by atomic mass is 9.80. The SMILES string of the molecule is CN(C)c1ccc(NC(=O)CNC(=O)CCC(C)(C)c2ccccc2)cc1. The molecule has 5 nitrogen and oxygen atoms in total. The Kier molecular flexibility index (Phi) is 6.99. The van der Waals surface area contributed by atoms with E-state index in [1.165, 1.54) is 5.56 Å². The molecule has 0 heterocycles. The summed E-state index contributed by atoms with van der Waals surface area (Å²) in [5, 5.41) is 5.49. The molecule has 2 amide bonds. The fourth-order valence-corrected chi connectivity index (χ4v) is 2.78. The van der Waals surface area contributed by atoms with Crippen molar-refractivity contribution in [3.8, 4) is 0 Å². The van der Waals surface area contributed by atoms with Gasteiger partial charge in [0.15, 0.2) is 0 Å². The van der Waals surface area contributed by atoms with Crippen molar-refractivity contribution in [2.24, 2.45) is 0 Å². The van der Waals surface area contributed by atoms with Crippen molar-refractivity contribution in [3.63, 3.8) is 0 Å². The van der Waals surface area contributed by atoms with Crippen molar-refractivity contribution >= 4 is 23.2 Å². The maximum absolute atomic E-state index is 12.1. The second-order valence-corrected chi connectivity index (χ2v) is 7.52. The van der Waals surface area contributed by atoms with Crippen LogP contribution in [0.5, 0.6) is 0 Å². The molecular formula is C22H29N3O2. The Balaban J connectivity index is 1.75. The lowest BCUT2D eigenvalue weighted by Crippen LogP contribution is -2.33. The number of nitrogens with one attached hydrogen (secondary N) is 2. The van der Waals surface area contributed by atoms with Crippen LogP contribution < -0.4 is 15.5 Å². The van der Waals surface area contributed by atoms with E-state index >= 15 is 0 Å². The number of carbonyl (C=O) groups is 2. The number of amides is 2. The summed E-state index contributed by atoms with van der Waals surface area (Å²) in [6.07, 6.45) is 1.10. The zero-order valence-corrected chi connectivity index (χ0v) is 16.6. The van der Waals surface area contributed by atoms with E-state index in [0.717, 1.165) is 12.1 Å². The van der Waals surface area contributed by atoms with Crippen LogP contribution in [0.25, 0.3) is 0 Å². The van der Waals surface area contributed by atoms with Crippen molar-refractivity contribution < 1.29 is 9.59 Å². The van der Waals surface area contributed by atoms with Crippen molar-refractivity contribution in [2.75, 3.05) is 30.9 Å². The summed E-state index contributed by atoms with van der Waals surface area (Å²) in [5.41, 5.74) is 2.89. The van der Waals surface area contributed by atoms with E-state index in [1.807, 2.05) is 61.5 Å². The zero-order valence-electron chi connectivity index (χ0n) is 16.6. The predicted molar refractivity (Wildman–Crippen MR) is 111 cm³/mol. The molecule has 0 radical (unpaired) electrons. The van der Waals surface area contributed by atoms with Gasteiger partial charge in [-0.3, -0.25) is 9.59 Å². The van der Waals surface area contributed by atoms with E-state index in [9.17, 15) is 9.59 Å². The first-order chi connectivity index (χ1) is 12.8. The van der Waals surface area contributed by atoms with E-state index in [1.54, 1.807) is 0 Å². The highest BCUT2D eigenvalue weighted by atomic mass is 16.2. The molecule has 2 rings (SSSR count). The molecule has 5 heteroatoms. The van der Waals surface area contributed by atoms with Gasteiger partial charge in [-0.25, -0.2) is 0 Å². The highest BCUT2D eigenvalue weighted by molar-refractivity contribution is 5.94. The van der Waals surface area contributed by atoms with Crippen molar-refractivity contribution in [3.05, 3.63) is 60.2 Å². The smallest absolute Gasteiger partial charge is 0.243 e. The Morgan fingerprint density at radius 2 is 1.56 bits per heavy atom. The van der Waals surface area contributed by atoms with Crippen LogP contribution in [-0.2, 0) is 15.0 Å². The van der Waals surface area contributed by atoms with Gasteiger partial charge < -0.3 is 15.5 Å². The molecule has 0 saturated carbocycles. The third-order valence-electron chi connectivity index (χ3n) is 4.65. The van der Waals surface area contributed by atoms with Crippen molar-refractivity contribution in [2.45, 2.75) is 32.1 Å². The fraction of sp³-hybridized carbons (Fsp3) is 0.364. The van der Waals surface area contributed by atoms with Crippen LogP contribution in [0.4, 0.5) is 11.4 Å². The maximum atomic E-state index is 12.1. The summed E-state index contributed by atoms with van der Waals surface area (Å²) < 4.78 is 0. The monoisotopic (exact) mass is 367 g/mol. The Morgan fingerprint density at radius 3 is 2.15 bits per heavy atom. The molecule has 0 aliphatic carbocycles. The van der Waals surface area contributed by atoms with Gasteiger partial charge in [0.05, 0.1) is 6.54 Å². The zero-order chi connectivity index (χ0) is 19.9. The molecule has 2 aromatic carbocycles. The molecule has 0 bridgehead atoms. The lowest BCUT2D eigenvalue weighted by Gasteiger charge is -2.25. The summed E-state index contributed by atoms with van der Waals surface area (Å²) in [7, 11) is 3.92. The number of rotatable bonds is 8. The van der Waals surface area contributed by atoms with E-state index < -0.39 is 0 Å². The van der Waals surface area contributed by atoms with Gasteiger partial charge in [0.2, 0.25) is 11.8 Å². The molecule has 0 atom stereocenters. The average molecular weight is 367 g/mol. The first-order valence-corrected chi connectivity index (χ1v) is 9.17. The van der Waals surface area contributed by atoms with E-state index in [4.69, 9.17) is 0 Å². The third-order valence-corrected chi connectivity index (χ3v) is 4.65. The minimum Gasteiger partial charge on any atom is -0.378 e. The minimum atomic E-state index is -0.233. The number of anilines is 2. The van der Waals surface area contributed by atoms with Gasteiger partial charge in [-0.1, -0.05) is 44.2 Å². The topological polar surface area (TPSA) is 61.4 Å². The van der Waals surface area contributed by atoms with Gasteiger partial charge in [-0.05, 0) is 41.7 Å². The molecule has 0 fully saturated rings. The Morgan fingerprint density at radius 1 is 0.926 bits per heavy atom. The van der Waals surface area contributed by atoms with Crippen LogP contribution in [0.1, 0.15) is 32.3 Å². The van der Waals surface area contributed by atoms with Crippen LogP contribution in [0, 0.1) is 0 Å². The number of hydrogen-bond acceptors (Lipinski definition) is 3. The molecule has 0 spiro atoms. The molecule has 0 aliphatic heterocycles. The molecule has 0 aliphatic rings. The van der Waals surface area contributed by atoms with Gasteiger partial charge in [0.1, 0.15) is 0 Å². The molecule has 144 valence electrons. The number of nitrogens with zero attached hydrogens (tertiary/aromatic N) is 1. The Bertz CT molecular complexity index is 753. The summed E-state index contributed by atoms with van der Waals surface area (Å²) in [6.45, 7) is 4.22.